The minimum absolute atomic E-state index is 0.0359. The van der Waals surface area contributed by atoms with Gasteiger partial charge in [-0.3, -0.25) is 4.79 Å². The minimum atomic E-state index is -0.0975. The van der Waals surface area contributed by atoms with E-state index in [0.717, 1.165) is 17.0 Å². The van der Waals surface area contributed by atoms with Crippen LogP contribution >= 0.6 is 0 Å². The maximum atomic E-state index is 11.6. The summed E-state index contributed by atoms with van der Waals surface area (Å²) in [5.41, 5.74) is 7.59. The fourth-order valence-electron chi connectivity index (χ4n) is 1.46. The first kappa shape index (κ1) is 13.7. The molecule has 0 radical (unpaired) electrons. The summed E-state index contributed by atoms with van der Waals surface area (Å²) >= 11 is 0. The highest BCUT2D eigenvalue weighted by Crippen LogP contribution is 2.11. The Hall–Kier alpha value is -1.36. The van der Waals surface area contributed by atoms with Gasteiger partial charge in [0.1, 0.15) is 5.76 Å². The van der Waals surface area contributed by atoms with Gasteiger partial charge in [0.25, 0.3) is 0 Å². The van der Waals surface area contributed by atoms with Gasteiger partial charge in [-0.1, -0.05) is 19.0 Å². The van der Waals surface area contributed by atoms with Crippen LogP contribution in [0.4, 0.5) is 0 Å². The number of aryl methyl sites for hydroxylation is 2. The molecule has 0 saturated heterocycles. The average molecular weight is 239 g/mol. The molecule has 1 aromatic heterocycles. The van der Waals surface area contributed by atoms with Crippen molar-refractivity contribution in [2.24, 2.45) is 11.7 Å². The molecule has 0 aliphatic rings. The van der Waals surface area contributed by atoms with Crippen LogP contribution in [0.5, 0.6) is 0 Å². The highest BCUT2D eigenvalue weighted by Gasteiger charge is 2.14. The second-order valence-corrected chi connectivity index (χ2v) is 4.69. The van der Waals surface area contributed by atoms with E-state index in [1.165, 1.54) is 0 Å². The van der Waals surface area contributed by atoms with Gasteiger partial charge in [0.2, 0.25) is 5.91 Å². The zero-order chi connectivity index (χ0) is 13.0. The van der Waals surface area contributed by atoms with Gasteiger partial charge in [0.15, 0.2) is 0 Å². The van der Waals surface area contributed by atoms with Crippen molar-refractivity contribution in [3.8, 4) is 0 Å². The normalized spacial score (nSPS) is 12.8. The van der Waals surface area contributed by atoms with Crippen LogP contribution in [0.2, 0.25) is 0 Å². The van der Waals surface area contributed by atoms with Crippen molar-refractivity contribution in [2.75, 3.05) is 0 Å². The highest BCUT2D eigenvalue weighted by molar-refractivity contribution is 5.76. The minimum Gasteiger partial charge on any atom is -0.361 e. The van der Waals surface area contributed by atoms with E-state index in [-0.39, 0.29) is 11.9 Å². The lowest BCUT2D eigenvalue weighted by Crippen LogP contribution is -2.34. The number of carbonyl (C=O) groups is 1. The monoisotopic (exact) mass is 239 g/mol. The van der Waals surface area contributed by atoms with Crippen LogP contribution in [0.3, 0.4) is 0 Å². The summed E-state index contributed by atoms with van der Waals surface area (Å²) in [6, 6.07) is -0.0975. The third-order valence-corrected chi connectivity index (χ3v) is 2.92. The highest BCUT2D eigenvalue weighted by atomic mass is 16.5. The zero-order valence-corrected chi connectivity index (χ0v) is 10.9. The molecule has 1 atom stereocenters. The van der Waals surface area contributed by atoms with Crippen molar-refractivity contribution in [3.63, 3.8) is 0 Å². The molecule has 96 valence electrons. The van der Waals surface area contributed by atoms with Gasteiger partial charge < -0.3 is 15.6 Å². The van der Waals surface area contributed by atoms with E-state index in [4.69, 9.17) is 10.3 Å². The van der Waals surface area contributed by atoms with Gasteiger partial charge in [-0.05, 0) is 19.8 Å². The van der Waals surface area contributed by atoms with Crippen molar-refractivity contribution in [1.82, 2.24) is 10.5 Å². The second kappa shape index (κ2) is 5.82. The number of nitrogens with zero attached hydrogens (tertiary/aromatic N) is 1. The summed E-state index contributed by atoms with van der Waals surface area (Å²) in [6.45, 7) is 8.16. The lowest BCUT2D eigenvalue weighted by atomic mass is 10.0. The van der Waals surface area contributed by atoms with Gasteiger partial charge in [-0.2, -0.15) is 0 Å². The summed E-state index contributed by atoms with van der Waals surface area (Å²) in [7, 11) is 0. The molecule has 1 heterocycles. The van der Waals surface area contributed by atoms with Crippen LogP contribution in [-0.4, -0.2) is 17.1 Å². The molecule has 0 saturated carbocycles. The van der Waals surface area contributed by atoms with E-state index in [1.54, 1.807) is 0 Å². The molecule has 5 nitrogen and oxygen atoms in total. The fourth-order valence-corrected chi connectivity index (χ4v) is 1.46. The molecule has 1 rings (SSSR count). The van der Waals surface area contributed by atoms with Crippen LogP contribution in [-0.2, 0) is 11.3 Å². The first-order chi connectivity index (χ1) is 7.91. The lowest BCUT2D eigenvalue weighted by molar-refractivity contribution is -0.121. The van der Waals surface area contributed by atoms with Gasteiger partial charge >= 0.3 is 0 Å². The largest absolute Gasteiger partial charge is 0.361 e. The van der Waals surface area contributed by atoms with Crippen molar-refractivity contribution >= 4 is 5.91 Å². The maximum Gasteiger partial charge on any atom is 0.221 e. The van der Waals surface area contributed by atoms with Gasteiger partial charge in [-0.15, -0.1) is 0 Å². The quantitative estimate of drug-likeness (QED) is 0.811. The van der Waals surface area contributed by atoms with Gasteiger partial charge in [0, 0.05) is 24.6 Å². The first-order valence-corrected chi connectivity index (χ1v) is 5.85. The average Bonchev–Trinajstić information content (AvgIpc) is 2.56. The van der Waals surface area contributed by atoms with Crippen LogP contribution in [0.15, 0.2) is 4.52 Å². The van der Waals surface area contributed by atoms with Crippen LogP contribution < -0.4 is 11.1 Å². The third kappa shape index (κ3) is 3.85. The summed E-state index contributed by atoms with van der Waals surface area (Å²) in [6.07, 6.45) is 0.348. The number of nitrogens with two attached hydrogens (primary N) is 1. The summed E-state index contributed by atoms with van der Waals surface area (Å²) in [4.78, 5) is 11.6. The maximum absolute atomic E-state index is 11.6. The third-order valence-electron chi connectivity index (χ3n) is 2.92. The Morgan fingerprint density at radius 2 is 2.12 bits per heavy atom. The molecule has 0 fully saturated rings. The molecule has 5 heteroatoms. The van der Waals surface area contributed by atoms with Crippen molar-refractivity contribution < 1.29 is 9.32 Å². The Morgan fingerprint density at radius 1 is 1.47 bits per heavy atom. The Labute approximate surface area is 102 Å². The van der Waals surface area contributed by atoms with E-state index in [0.29, 0.717) is 18.9 Å². The molecular formula is C12H21N3O2. The summed E-state index contributed by atoms with van der Waals surface area (Å²) in [5, 5.41) is 6.67. The lowest BCUT2D eigenvalue weighted by Gasteiger charge is -2.14. The van der Waals surface area contributed by atoms with E-state index < -0.39 is 0 Å². The van der Waals surface area contributed by atoms with Crippen molar-refractivity contribution in [1.29, 1.82) is 0 Å². The number of hydrogen-bond acceptors (Lipinski definition) is 4. The molecule has 1 unspecified atom stereocenters. The molecule has 3 N–H and O–H groups in total. The van der Waals surface area contributed by atoms with E-state index in [9.17, 15) is 4.79 Å². The van der Waals surface area contributed by atoms with Gasteiger partial charge in [-0.25, -0.2) is 0 Å². The second-order valence-electron chi connectivity index (χ2n) is 4.69. The first-order valence-electron chi connectivity index (χ1n) is 5.85. The van der Waals surface area contributed by atoms with Gasteiger partial charge in [0.05, 0.1) is 5.69 Å². The molecule has 1 aromatic rings. The van der Waals surface area contributed by atoms with Crippen LogP contribution in [0.1, 0.15) is 37.3 Å². The fraction of sp³-hybridized carbons (Fsp3) is 0.667. The smallest absolute Gasteiger partial charge is 0.221 e. The van der Waals surface area contributed by atoms with E-state index >= 15 is 0 Å². The molecule has 0 bridgehead atoms. The Morgan fingerprint density at radius 3 is 2.59 bits per heavy atom. The zero-order valence-electron chi connectivity index (χ0n) is 10.9. The SMILES string of the molecule is Cc1noc(C)c1CNC(=O)CC(N)C(C)C. The number of nitrogens with one attached hydrogen (secondary N) is 1. The van der Waals surface area contributed by atoms with E-state index in [1.807, 2.05) is 27.7 Å². The molecule has 0 aliphatic carbocycles. The molecule has 17 heavy (non-hydrogen) atoms. The summed E-state index contributed by atoms with van der Waals surface area (Å²) in [5.74, 6) is 1.02. The van der Waals surface area contributed by atoms with Crippen LogP contribution in [0.25, 0.3) is 0 Å². The van der Waals surface area contributed by atoms with Crippen LogP contribution in [0, 0.1) is 19.8 Å². The summed E-state index contributed by atoms with van der Waals surface area (Å²) < 4.78 is 5.02. The number of hydrogen-bond donors (Lipinski definition) is 2. The predicted molar refractivity (Wildman–Crippen MR) is 65.3 cm³/mol. The standard InChI is InChI=1S/C12H21N3O2/c1-7(2)11(13)5-12(16)14-6-10-8(3)15-17-9(10)4/h7,11H,5-6,13H2,1-4H3,(H,14,16). The molecular weight excluding hydrogens is 218 g/mol. The molecule has 0 spiro atoms. The topological polar surface area (TPSA) is 81.2 Å². The number of carbonyl (C=O) groups excluding carboxylic acids is 1. The Balaban J connectivity index is 2.44. The Kier molecular flexibility index (Phi) is 4.69. The molecule has 1 amide bonds. The van der Waals surface area contributed by atoms with Crippen molar-refractivity contribution in [2.45, 2.75) is 46.7 Å². The Bertz CT molecular complexity index is 366. The predicted octanol–water partition coefficient (Wildman–Crippen LogP) is 1.28. The molecule has 0 aromatic carbocycles. The van der Waals surface area contributed by atoms with Crippen molar-refractivity contribution in [3.05, 3.63) is 17.0 Å². The number of aromatic nitrogens is 1. The van der Waals surface area contributed by atoms with E-state index in [2.05, 4.69) is 10.5 Å². The molecule has 0 aliphatic heterocycles. The number of amides is 1. The number of rotatable bonds is 5.